The minimum atomic E-state index is 0.658. The van der Waals surface area contributed by atoms with Crippen LogP contribution in [0.25, 0.3) is 0 Å². The van der Waals surface area contributed by atoms with E-state index in [0.29, 0.717) is 11.5 Å². The highest BCUT2D eigenvalue weighted by atomic mass is 16.5. The molecule has 0 amide bonds. The first-order valence-corrected chi connectivity index (χ1v) is 6.95. The molecule has 0 bridgehead atoms. The summed E-state index contributed by atoms with van der Waals surface area (Å²) in [5.41, 5.74) is 1.82. The Kier molecular flexibility index (Phi) is 4.44. The molecular formula is C16H22N2O. The molecule has 1 fully saturated rings. The molecule has 0 aliphatic heterocycles. The predicted molar refractivity (Wildman–Crippen MR) is 76.0 cm³/mol. The second-order valence-corrected chi connectivity index (χ2v) is 5.69. The Bertz CT molecular complexity index is 472. The maximum atomic E-state index is 9.02. The molecule has 3 nitrogen and oxygen atoms in total. The van der Waals surface area contributed by atoms with Gasteiger partial charge in [-0.3, -0.25) is 4.90 Å². The molecule has 0 aromatic heterocycles. The summed E-state index contributed by atoms with van der Waals surface area (Å²) in [5, 5.41) is 9.02. The number of hydrogen-bond acceptors (Lipinski definition) is 3. The van der Waals surface area contributed by atoms with Crippen molar-refractivity contribution < 1.29 is 4.74 Å². The molecule has 1 aliphatic carbocycles. The van der Waals surface area contributed by atoms with Gasteiger partial charge in [-0.2, -0.15) is 5.26 Å². The molecule has 1 saturated carbocycles. The van der Waals surface area contributed by atoms with Crippen molar-refractivity contribution in [2.75, 3.05) is 13.7 Å². The minimum Gasteiger partial charge on any atom is -0.496 e. The van der Waals surface area contributed by atoms with Gasteiger partial charge in [0.25, 0.3) is 0 Å². The van der Waals surface area contributed by atoms with Crippen molar-refractivity contribution in [2.24, 2.45) is 5.92 Å². The third-order valence-corrected chi connectivity index (χ3v) is 3.45. The van der Waals surface area contributed by atoms with E-state index in [-0.39, 0.29) is 0 Å². The van der Waals surface area contributed by atoms with Crippen LogP contribution in [0.4, 0.5) is 0 Å². The molecule has 2 rings (SSSR count). The van der Waals surface area contributed by atoms with Gasteiger partial charge in [-0.25, -0.2) is 0 Å². The van der Waals surface area contributed by atoms with Crippen LogP contribution in [-0.4, -0.2) is 24.6 Å². The van der Waals surface area contributed by atoms with Crippen LogP contribution in [0.15, 0.2) is 18.2 Å². The summed E-state index contributed by atoms with van der Waals surface area (Å²) >= 11 is 0. The summed E-state index contributed by atoms with van der Waals surface area (Å²) in [5.74, 6) is 1.54. The fraction of sp³-hybridized carbons (Fsp3) is 0.562. The predicted octanol–water partition coefficient (Wildman–Crippen LogP) is 3.19. The standard InChI is InChI=1S/C16H22N2O/c1-12(2)10-18(15-5-6-15)11-14-8-13(9-17)4-7-16(14)19-3/h4,7-8,12,15H,5-6,10-11H2,1-3H3. The molecule has 0 atom stereocenters. The first-order valence-electron chi connectivity index (χ1n) is 6.95. The second kappa shape index (κ2) is 6.08. The first kappa shape index (κ1) is 13.9. The average Bonchev–Trinajstić information content (AvgIpc) is 3.21. The van der Waals surface area contributed by atoms with Gasteiger partial charge >= 0.3 is 0 Å². The van der Waals surface area contributed by atoms with Crippen molar-refractivity contribution in [2.45, 2.75) is 39.3 Å². The van der Waals surface area contributed by atoms with Crippen molar-refractivity contribution in [3.63, 3.8) is 0 Å². The lowest BCUT2D eigenvalue weighted by molar-refractivity contribution is 0.223. The Morgan fingerprint density at radius 1 is 1.42 bits per heavy atom. The van der Waals surface area contributed by atoms with Crippen molar-refractivity contribution in [3.8, 4) is 11.8 Å². The van der Waals surface area contributed by atoms with E-state index >= 15 is 0 Å². The number of rotatable bonds is 6. The number of ether oxygens (including phenoxy) is 1. The second-order valence-electron chi connectivity index (χ2n) is 5.69. The lowest BCUT2D eigenvalue weighted by Gasteiger charge is -2.25. The van der Waals surface area contributed by atoms with E-state index in [1.807, 2.05) is 18.2 Å². The van der Waals surface area contributed by atoms with Crippen LogP contribution in [0, 0.1) is 17.2 Å². The van der Waals surface area contributed by atoms with Crippen LogP contribution >= 0.6 is 0 Å². The van der Waals surface area contributed by atoms with E-state index in [2.05, 4.69) is 24.8 Å². The molecule has 0 unspecified atom stereocenters. The van der Waals surface area contributed by atoms with Gasteiger partial charge in [0.05, 0.1) is 18.7 Å². The number of benzene rings is 1. The fourth-order valence-electron chi connectivity index (χ4n) is 2.44. The highest BCUT2D eigenvalue weighted by Crippen LogP contribution is 2.31. The first-order chi connectivity index (χ1) is 9.13. The molecule has 0 radical (unpaired) electrons. The zero-order valence-corrected chi connectivity index (χ0v) is 12.0. The molecule has 19 heavy (non-hydrogen) atoms. The smallest absolute Gasteiger partial charge is 0.123 e. The topological polar surface area (TPSA) is 36.3 Å². The van der Waals surface area contributed by atoms with Gasteiger partial charge in [-0.15, -0.1) is 0 Å². The summed E-state index contributed by atoms with van der Waals surface area (Å²) in [6.07, 6.45) is 2.60. The van der Waals surface area contributed by atoms with Crippen LogP contribution in [0.1, 0.15) is 37.8 Å². The van der Waals surface area contributed by atoms with Gasteiger partial charge < -0.3 is 4.74 Å². The van der Waals surface area contributed by atoms with Crippen molar-refractivity contribution in [1.82, 2.24) is 4.90 Å². The Morgan fingerprint density at radius 3 is 2.68 bits per heavy atom. The van der Waals surface area contributed by atoms with E-state index in [0.717, 1.165) is 30.4 Å². The lowest BCUT2D eigenvalue weighted by Crippen LogP contribution is -2.29. The average molecular weight is 258 g/mol. The molecule has 0 spiro atoms. The highest BCUT2D eigenvalue weighted by Gasteiger charge is 2.29. The minimum absolute atomic E-state index is 0.658. The molecule has 0 heterocycles. The van der Waals surface area contributed by atoms with Gasteiger partial charge in [0.1, 0.15) is 5.75 Å². The summed E-state index contributed by atoms with van der Waals surface area (Å²) < 4.78 is 5.41. The Morgan fingerprint density at radius 2 is 2.16 bits per heavy atom. The molecule has 0 saturated heterocycles. The van der Waals surface area contributed by atoms with Crippen LogP contribution in [0.5, 0.6) is 5.75 Å². The van der Waals surface area contributed by atoms with Crippen LogP contribution in [-0.2, 0) is 6.54 Å². The summed E-state index contributed by atoms with van der Waals surface area (Å²) in [6.45, 7) is 6.47. The quantitative estimate of drug-likeness (QED) is 0.786. The van der Waals surface area contributed by atoms with E-state index in [4.69, 9.17) is 10.00 Å². The van der Waals surface area contributed by atoms with Crippen LogP contribution < -0.4 is 4.74 Å². The van der Waals surface area contributed by atoms with Gasteiger partial charge in [0, 0.05) is 24.7 Å². The molecule has 102 valence electrons. The third kappa shape index (κ3) is 3.71. The van der Waals surface area contributed by atoms with E-state index in [9.17, 15) is 0 Å². The Labute approximate surface area is 115 Å². The third-order valence-electron chi connectivity index (χ3n) is 3.45. The zero-order chi connectivity index (χ0) is 13.8. The normalized spacial score (nSPS) is 14.7. The number of nitrogens with zero attached hydrogens (tertiary/aromatic N) is 2. The molecule has 1 aliphatic rings. The number of methoxy groups -OCH3 is 1. The van der Waals surface area contributed by atoms with E-state index < -0.39 is 0 Å². The monoisotopic (exact) mass is 258 g/mol. The molecule has 1 aromatic rings. The van der Waals surface area contributed by atoms with Crippen molar-refractivity contribution in [3.05, 3.63) is 29.3 Å². The maximum absolute atomic E-state index is 9.02. The van der Waals surface area contributed by atoms with Crippen molar-refractivity contribution in [1.29, 1.82) is 5.26 Å². The summed E-state index contributed by atoms with van der Waals surface area (Å²) in [4.78, 5) is 2.52. The number of nitriles is 1. The van der Waals surface area contributed by atoms with Crippen LogP contribution in [0.2, 0.25) is 0 Å². The van der Waals surface area contributed by atoms with E-state index in [1.165, 1.54) is 12.8 Å². The van der Waals surface area contributed by atoms with E-state index in [1.54, 1.807) is 7.11 Å². The van der Waals surface area contributed by atoms with Gasteiger partial charge in [0.2, 0.25) is 0 Å². The zero-order valence-electron chi connectivity index (χ0n) is 12.0. The molecule has 1 aromatic carbocycles. The lowest BCUT2D eigenvalue weighted by atomic mass is 10.1. The van der Waals surface area contributed by atoms with Gasteiger partial charge in [-0.05, 0) is 37.0 Å². The van der Waals surface area contributed by atoms with Gasteiger partial charge in [0.15, 0.2) is 0 Å². The summed E-state index contributed by atoms with van der Waals surface area (Å²) in [7, 11) is 1.69. The molecule has 3 heteroatoms. The van der Waals surface area contributed by atoms with Crippen molar-refractivity contribution >= 4 is 0 Å². The Balaban J connectivity index is 2.17. The fourth-order valence-corrected chi connectivity index (χ4v) is 2.44. The van der Waals surface area contributed by atoms with Gasteiger partial charge in [-0.1, -0.05) is 13.8 Å². The molecular weight excluding hydrogens is 236 g/mol. The Hall–Kier alpha value is -1.53. The molecule has 0 N–H and O–H groups in total. The maximum Gasteiger partial charge on any atom is 0.123 e. The largest absolute Gasteiger partial charge is 0.496 e. The summed E-state index contributed by atoms with van der Waals surface area (Å²) in [6, 6.07) is 8.59. The van der Waals surface area contributed by atoms with Crippen LogP contribution in [0.3, 0.4) is 0 Å². The number of hydrogen-bond donors (Lipinski definition) is 0. The SMILES string of the molecule is COc1ccc(C#N)cc1CN(CC(C)C)C1CC1. The highest BCUT2D eigenvalue weighted by molar-refractivity contribution is 5.42.